The molecule has 2 rings (SSSR count). The summed E-state index contributed by atoms with van der Waals surface area (Å²) in [6.45, 7) is 2.02. The van der Waals surface area contributed by atoms with Gasteiger partial charge in [-0.2, -0.15) is 0 Å². The predicted molar refractivity (Wildman–Crippen MR) is 87.9 cm³/mol. The molecule has 0 saturated carbocycles. The lowest BCUT2D eigenvalue weighted by molar-refractivity contribution is 0.602. The average Bonchev–Trinajstić information content (AvgIpc) is 2.38. The first-order valence-electron chi connectivity index (χ1n) is 5.87. The smallest absolute Gasteiger partial charge is 0.179 e. The van der Waals surface area contributed by atoms with E-state index in [1.807, 2.05) is 37.3 Å². The lowest BCUT2D eigenvalue weighted by atomic mass is 10.1. The highest BCUT2D eigenvalue weighted by molar-refractivity contribution is 8.01. The number of aromatic nitrogens is 1. The number of nitrogens with zero attached hydrogens (tertiary/aromatic N) is 1. The van der Waals surface area contributed by atoms with E-state index in [2.05, 4.69) is 4.98 Å². The first kappa shape index (κ1) is 15.6. The second-order valence-electron chi connectivity index (χ2n) is 4.02. The summed E-state index contributed by atoms with van der Waals surface area (Å²) >= 11 is 8.09. The third-order valence-corrected chi connectivity index (χ3v) is 6.21. The molecule has 7 heteroatoms. The minimum atomic E-state index is -3.41. The van der Waals surface area contributed by atoms with Crippen LogP contribution < -0.4 is 0 Å². The van der Waals surface area contributed by atoms with E-state index in [1.165, 1.54) is 17.6 Å². The molecule has 106 valence electrons. The van der Waals surface area contributed by atoms with Gasteiger partial charge in [-0.05, 0) is 5.75 Å². The van der Waals surface area contributed by atoms with Crippen molar-refractivity contribution < 1.29 is 8.42 Å². The molecule has 0 aliphatic carbocycles. The molecule has 0 unspecified atom stereocenters. The zero-order valence-corrected chi connectivity index (χ0v) is 14.3. The maximum Gasteiger partial charge on any atom is 0.179 e. The minimum Gasteiger partial charge on any atom is -0.229 e. The molecule has 0 atom stereocenters. The monoisotopic (exact) mass is 343 g/mol. The van der Waals surface area contributed by atoms with E-state index < -0.39 is 9.84 Å². The van der Waals surface area contributed by atoms with E-state index in [9.17, 15) is 8.42 Å². The normalized spacial score (nSPS) is 11.5. The van der Waals surface area contributed by atoms with Crippen molar-refractivity contribution in [1.29, 1.82) is 0 Å². The highest BCUT2D eigenvalue weighted by Gasteiger charge is 2.20. The van der Waals surface area contributed by atoms with Crippen LogP contribution in [0.4, 0.5) is 0 Å². The van der Waals surface area contributed by atoms with Crippen molar-refractivity contribution in [2.24, 2.45) is 0 Å². The number of benzene rings is 1. The van der Waals surface area contributed by atoms with Gasteiger partial charge in [0.25, 0.3) is 0 Å². The Hall–Kier alpha value is -0.760. The topological polar surface area (TPSA) is 47.0 Å². The van der Waals surface area contributed by atoms with Gasteiger partial charge in [-0.3, -0.25) is 0 Å². The Balaban J connectivity index is 2.78. The largest absolute Gasteiger partial charge is 0.229 e. The van der Waals surface area contributed by atoms with E-state index in [0.717, 1.165) is 15.7 Å². The molecule has 0 bridgehead atoms. The standard InChI is InChI=1S/C13H13NO2S4/c1-3-18-13-14-10(9-7-5-4-6-8-9)11(12(17)19-13)20(2,15)16/h4-8H,3H2,1-2H3. The summed E-state index contributed by atoms with van der Waals surface area (Å²) in [6.07, 6.45) is 1.17. The van der Waals surface area contributed by atoms with Crippen LogP contribution in [0.25, 0.3) is 11.3 Å². The molecule has 0 amide bonds. The van der Waals surface area contributed by atoms with Crippen molar-refractivity contribution in [3.05, 3.63) is 34.2 Å². The number of rotatable bonds is 4. The van der Waals surface area contributed by atoms with Crippen LogP contribution in [0.15, 0.2) is 39.6 Å². The van der Waals surface area contributed by atoms with Gasteiger partial charge in [-0.25, -0.2) is 13.4 Å². The first-order valence-corrected chi connectivity index (χ1v) is 9.97. The summed E-state index contributed by atoms with van der Waals surface area (Å²) in [5.74, 6) is 0.866. The lowest BCUT2D eigenvalue weighted by Crippen LogP contribution is -2.03. The quantitative estimate of drug-likeness (QED) is 0.619. The van der Waals surface area contributed by atoms with Gasteiger partial charge >= 0.3 is 0 Å². The zero-order valence-electron chi connectivity index (χ0n) is 11.0. The maximum absolute atomic E-state index is 12.0. The van der Waals surface area contributed by atoms with E-state index in [-0.39, 0.29) is 4.90 Å². The molecule has 1 aromatic carbocycles. The van der Waals surface area contributed by atoms with Crippen LogP contribution >= 0.6 is 35.3 Å². The maximum atomic E-state index is 12.0. The fourth-order valence-corrected chi connectivity index (χ4v) is 5.76. The number of thioether (sulfide) groups is 1. The average molecular weight is 344 g/mol. The van der Waals surface area contributed by atoms with Gasteiger partial charge in [0, 0.05) is 11.8 Å². The van der Waals surface area contributed by atoms with Gasteiger partial charge < -0.3 is 0 Å². The number of hydrogen-bond acceptors (Lipinski definition) is 6. The van der Waals surface area contributed by atoms with E-state index in [4.69, 9.17) is 12.2 Å². The van der Waals surface area contributed by atoms with Crippen molar-refractivity contribution in [1.82, 2.24) is 4.98 Å². The minimum absolute atomic E-state index is 0.157. The molecular formula is C13H13NO2S4. The van der Waals surface area contributed by atoms with Crippen molar-refractivity contribution in [3.8, 4) is 11.3 Å². The fourth-order valence-electron chi connectivity index (χ4n) is 1.69. The molecule has 0 aliphatic rings. The Bertz CT molecular complexity index is 767. The summed E-state index contributed by atoms with van der Waals surface area (Å²) in [7, 11) is -3.41. The fraction of sp³-hybridized carbons (Fsp3) is 0.231. The summed E-state index contributed by atoms with van der Waals surface area (Å²) in [5.41, 5.74) is 1.22. The third kappa shape index (κ3) is 3.46. The Kier molecular flexibility index (Phi) is 4.95. The van der Waals surface area contributed by atoms with Gasteiger partial charge in [-0.15, -0.1) is 0 Å². The van der Waals surface area contributed by atoms with Gasteiger partial charge in [0.2, 0.25) is 0 Å². The summed E-state index contributed by atoms with van der Waals surface area (Å²) in [4.78, 5) is 4.65. The number of sulfone groups is 1. The van der Waals surface area contributed by atoms with Gasteiger partial charge in [0.1, 0.15) is 8.72 Å². The summed E-state index contributed by atoms with van der Waals surface area (Å²) in [5, 5.41) is 0. The Morgan fingerprint density at radius 3 is 2.50 bits per heavy atom. The SMILES string of the molecule is CCSc1nc(-c2ccccc2)c(S(C)(=O)=O)c(=S)s1. The second-order valence-corrected chi connectivity index (χ2v) is 9.15. The molecule has 2 aromatic rings. The van der Waals surface area contributed by atoms with E-state index in [0.29, 0.717) is 9.52 Å². The van der Waals surface area contributed by atoms with E-state index >= 15 is 0 Å². The molecule has 0 spiro atoms. The second kappa shape index (κ2) is 6.34. The van der Waals surface area contributed by atoms with Crippen LogP contribution in [0.3, 0.4) is 0 Å². The third-order valence-electron chi connectivity index (χ3n) is 2.47. The van der Waals surface area contributed by atoms with Crippen LogP contribution in [0, 0.1) is 3.82 Å². The molecule has 0 fully saturated rings. The van der Waals surface area contributed by atoms with E-state index in [1.54, 1.807) is 11.8 Å². The predicted octanol–water partition coefficient (Wildman–Crippen LogP) is 4.06. The molecule has 1 heterocycles. The van der Waals surface area contributed by atoms with Gasteiger partial charge in [0.15, 0.2) is 14.2 Å². The van der Waals surface area contributed by atoms with Gasteiger partial charge in [0.05, 0.1) is 5.69 Å². The van der Waals surface area contributed by atoms with Gasteiger partial charge in [-0.1, -0.05) is 72.6 Å². The first-order chi connectivity index (χ1) is 9.43. The van der Waals surface area contributed by atoms with Crippen molar-refractivity contribution >= 4 is 45.2 Å². The number of hydrogen-bond donors (Lipinski definition) is 0. The van der Waals surface area contributed by atoms with Crippen LogP contribution in [-0.4, -0.2) is 25.4 Å². The molecule has 20 heavy (non-hydrogen) atoms. The molecular weight excluding hydrogens is 330 g/mol. The van der Waals surface area contributed by atoms with Crippen molar-refractivity contribution in [2.75, 3.05) is 12.0 Å². The van der Waals surface area contributed by atoms with Crippen LogP contribution in [-0.2, 0) is 9.84 Å². The Morgan fingerprint density at radius 1 is 1.30 bits per heavy atom. The molecule has 1 aromatic heterocycles. The summed E-state index contributed by atoms with van der Waals surface area (Å²) < 4.78 is 25.2. The highest BCUT2D eigenvalue weighted by Crippen LogP contribution is 2.32. The highest BCUT2D eigenvalue weighted by atomic mass is 32.2. The molecule has 0 radical (unpaired) electrons. The van der Waals surface area contributed by atoms with Crippen molar-refractivity contribution in [2.45, 2.75) is 16.2 Å². The molecule has 3 nitrogen and oxygen atoms in total. The van der Waals surface area contributed by atoms with Crippen LogP contribution in [0.2, 0.25) is 0 Å². The molecule has 0 aliphatic heterocycles. The Labute approximate surface area is 132 Å². The van der Waals surface area contributed by atoms with Crippen LogP contribution in [0.1, 0.15) is 6.92 Å². The van der Waals surface area contributed by atoms with Crippen LogP contribution in [0.5, 0.6) is 0 Å². The summed E-state index contributed by atoms with van der Waals surface area (Å²) in [6, 6.07) is 9.28. The molecule has 0 N–H and O–H groups in total. The zero-order chi connectivity index (χ0) is 14.8. The lowest BCUT2D eigenvalue weighted by Gasteiger charge is -2.09. The molecule has 0 saturated heterocycles. The Morgan fingerprint density at radius 2 is 1.95 bits per heavy atom. The van der Waals surface area contributed by atoms with Crippen molar-refractivity contribution in [3.63, 3.8) is 0 Å².